The van der Waals surface area contributed by atoms with Crippen molar-refractivity contribution in [2.45, 2.75) is 25.4 Å². The third-order valence-corrected chi connectivity index (χ3v) is 4.18. The second kappa shape index (κ2) is 5.70. The van der Waals surface area contributed by atoms with Crippen LogP contribution in [0.5, 0.6) is 0 Å². The van der Waals surface area contributed by atoms with E-state index in [0.717, 1.165) is 5.69 Å². The lowest BCUT2D eigenvalue weighted by Gasteiger charge is -2.33. The van der Waals surface area contributed by atoms with Crippen molar-refractivity contribution in [2.75, 3.05) is 11.9 Å². The second-order valence-electron chi connectivity index (χ2n) is 5.57. The Bertz CT molecular complexity index is 639. The lowest BCUT2D eigenvalue weighted by Crippen LogP contribution is -2.38. The van der Waals surface area contributed by atoms with Crippen molar-refractivity contribution in [3.8, 4) is 0 Å². The molecule has 0 spiro atoms. The minimum absolute atomic E-state index is 0.0695. The van der Waals surface area contributed by atoms with Crippen LogP contribution in [0.15, 0.2) is 54.6 Å². The van der Waals surface area contributed by atoms with Crippen molar-refractivity contribution in [3.05, 3.63) is 65.7 Å². The highest BCUT2D eigenvalue weighted by molar-refractivity contribution is 5.96. The molecule has 1 aliphatic heterocycles. The van der Waals surface area contributed by atoms with E-state index >= 15 is 0 Å². The molecular formula is C18H20N2O. The molecular weight excluding hydrogens is 260 g/mol. The molecule has 0 saturated carbocycles. The number of benzene rings is 2. The number of rotatable bonds is 3. The largest absolute Gasteiger partial charge is 0.315 e. The molecule has 1 heterocycles. The Hall–Kier alpha value is -2.13. The normalized spacial score (nSPS) is 19.2. The van der Waals surface area contributed by atoms with Crippen molar-refractivity contribution in [3.63, 3.8) is 0 Å². The molecule has 0 fully saturated rings. The molecule has 108 valence electrons. The SMILES string of the molecule is C[C@@H](NC1CC(=O)N(C)c2ccccc21)c1ccccc1. The van der Waals surface area contributed by atoms with E-state index in [1.807, 2.05) is 43.4 Å². The van der Waals surface area contributed by atoms with Crippen LogP contribution in [0.1, 0.15) is 36.6 Å². The van der Waals surface area contributed by atoms with E-state index in [-0.39, 0.29) is 18.0 Å². The molecule has 1 unspecified atom stereocenters. The topological polar surface area (TPSA) is 32.3 Å². The van der Waals surface area contributed by atoms with Gasteiger partial charge in [-0.15, -0.1) is 0 Å². The first kappa shape index (κ1) is 13.8. The smallest absolute Gasteiger partial charge is 0.228 e. The lowest BCUT2D eigenvalue weighted by molar-refractivity contribution is -0.119. The highest BCUT2D eigenvalue weighted by Crippen LogP contribution is 2.34. The van der Waals surface area contributed by atoms with Crippen LogP contribution in [0, 0.1) is 0 Å². The molecule has 1 N–H and O–H groups in total. The fourth-order valence-corrected chi connectivity index (χ4v) is 2.93. The molecule has 3 nitrogen and oxygen atoms in total. The highest BCUT2D eigenvalue weighted by atomic mass is 16.2. The summed E-state index contributed by atoms with van der Waals surface area (Å²) in [4.78, 5) is 13.9. The summed E-state index contributed by atoms with van der Waals surface area (Å²) in [6.45, 7) is 2.14. The summed E-state index contributed by atoms with van der Waals surface area (Å²) in [6.07, 6.45) is 0.505. The van der Waals surface area contributed by atoms with E-state index in [9.17, 15) is 4.79 Å². The Morgan fingerprint density at radius 3 is 2.52 bits per heavy atom. The van der Waals surface area contributed by atoms with Crippen LogP contribution in [0.4, 0.5) is 5.69 Å². The molecule has 0 aromatic heterocycles. The number of anilines is 1. The molecule has 0 aliphatic carbocycles. The maximum atomic E-state index is 12.2. The summed E-state index contributed by atoms with van der Waals surface area (Å²) in [5.74, 6) is 0.159. The van der Waals surface area contributed by atoms with Gasteiger partial charge in [-0.05, 0) is 24.1 Å². The number of hydrogen-bond acceptors (Lipinski definition) is 2. The Labute approximate surface area is 125 Å². The second-order valence-corrected chi connectivity index (χ2v) is 5.57. The average molecular weight is 280 g/mol. The van der Waals surface area contributed by atoms with Crippen molar-refractivity contribution < 1.29 is 4.79 Å². The zero-order valence-electron chi connectivity index (χ0n) is 12.4. The van der Waals surface area contributed by atoms with Gasteiger partial charge < -0.3 is 10.2 Å². The Balaban J connectivity index is 1.86. The van der Waals surface area contributed by atoms with Gasteiger partial charge in [-0.25, -0.2) is 0 Å². The molecule has 21 heavy (non-hydrogen) atoms. The Morgan fingerprint density at radius 2 is 1.76 bits per heavy atom. The summed E-state index contributed by atoms with van der Waals surface area (Å²) >= 11 is 0. The minimum atomic E-state index is 0.0695. The van der Waals surface area contributed by atoms with Gasteiger partial charge in [-0.3, -0.25) is 4.79 Å². The minimum Gasteiger partial charge on any atom is -0.315 e. The standard InChI is InChI=1S/C18H20N2O/c1-13(14-8-4-3-5-9-14)19-16-12-18(21)20(2)17-11-7-6-10-15(16)17/h3-11,13,16,19H,12H2,1-2H3/t13-,16?/m1/s1. The van der Waals surface area contributed by atoms with E-state index in [2.05, 4.69) is 30.4 Å². The van der Waals surface area contributed by atoms with E-state index in [1.165, 1.54) is 11.1 Å². The number of fused-ring (bicyclic) bond motifs is 1. The first-order valence-corrected chi connectivity index (χ1v) is 7.33. The number of nitrogens with one attached hydrogen (secondary N) is 1. The monoisotopic (exact) mass is 280 g/mol. The van der Waals surface area contributed by atoms with Gasteiger partial charge in [0.05, 0.1) is 0 Å². The molecule has 0 saturated heterocycles. The zero-order chi connectivity index (χ0) is 14.8. The molecule has 3 rings (SSSR count). The van der Waals surface area contributed by atoms with Crippen molar-refractivity contribution in [2.24, 2.45) is 0 Å². The zero-order valence-corrected chi connectivity index (χ0v) is 12.4. The predicted molar refractivity (Wildman–Crippen MR) is 85.2 cm³/mol. The Kier molecular flexibility index (Phi) is 3.76. The van der Waals surface area contributed by atoms with Crippen LogP contribution >= 0.6 is 0 Å². The van der Waals surface area contributed by atoms with Crippen LogP contribution in [-0.4, -0.2) is 13.0 Å². The first-order chi connectivity index (χ1) is 10.2. The summed E-state index contributed by atoms with van der Waals surface area (Å²) in [6, 6.07) is 18.7. The summed E-state index contributed by atoms with van der Waals surface area (Å²) in [7, 11) is 1.85. The number of para-hydroxylation sites is 1. The Morgan fingerprint density at radius 1 is 1.10 bits per heavy atom. The maximum absolute atomic E-state index is 12.2. The fraction of sp³-hybridized carbons (Fsp3) is 0.278. The number of carbonyl (C=O) groups excluding carboxylic acids is 1. The van der Waals surface area contributed by atoms with E-state index in [0.29, 0.717) is 6.42 Å². The van der Waals surface area contributed by atoms with E-state index < -0.39 is 0 Å². The van der Waals surface area contributed by atoms with Crippen LogP contribution in [0.3, 0.4) is 0 Å². The molecule has 2 aromatic rings. The predicted octanol–water partition coefficient (Wildman–Crippen LogP) is 3.45. The van der Waals surface area contributed by atoms with Gasteiger partial charge in [0.2, 0.25) is 5.91 Å². The third kappa shape index (κ3) is 2.69. The van der Waals surface area contributed by atoms with Crippen molar-refractivity contribution in [1.29, 1.82) is 0 Å². The fourth-order valence-electron chi connectivity index (χ4n) is 2.93. The number of amides is 1. The molecule has 3 heteroatoms. The number of nitrogens with zero attached hydrogens (tertiary/aromatic N) is 1. The lowest BCUT2D eigenvalue weighted by atomic mass is 9.94. The van der Waals surface area contributed by atoms with Gasteiger partial charge >= 0.3 is 0 Å². The number of hydrogen-bond donors (Lipinski definition) is 1. The van der Waals surface area contributed by atoms with Crippen molar-refractivity contribution in [1.82, 2.24) is 5.32 Å². The van der Waals surface area contributed by atoms with Crippen LogP contribution in [0.25, 0.3) is 0 Å². The van der Waals surface area contributed by atoms with Crippen LogP contribution in [0.2, 0.25) is 0 Å². The van der Waals surface area contributed by atoms with Gasteiger partial charge in [0, 0.05) is 31.2 Å². The third-order valence-electron chi connectivity index (χ3n) is 4.18. The molecule has 1 amide bonds. The average Bonchev–Trinajstić information content (AvgIpc) is 2.53. The van der Waals surface area contributed by atoms with Gasteiger partial charge in [0.25, 0.3) is 0 Å². The molecule has 1 aliphatic rings. The molecule has 0 bridgehead atoms. The molecule has 2 atom stereocenters. The van der Waals surface area contributed by atoms with Crippen LogP contribution < -0.4 is 10.2 Å². The maximum Gasteiger partial charge on any atom is 0.228 e. The van der Waals surface area contributed by atoms with E-state index in [1.54, 1.807) is 4.90 Å². The molecule has 2 aromatic carbocycles. The van der Waals surface area contributed by atoms with Gasteiger partial charge in [0.15, 0.2) is 0 Å². The van der Waals surface area contributed by atoms with Gasteiger partial charge in [-0.2, -0.15) is 0 Å². The first-order valence-electron chi connectivity index (χ1n) is 7.33. The van der Waals surface area contributed by atoms with Crippen LogP contribution in [-0.2, 0) is 4.79 Å². The summed E-state index contributed by atoms with van der Waals surface area (Å²) < 4.78 is 0. The quantitative estimate of drug-likeness (QED) is 0.934. The number of carbonyl (C=O) groups is 1. The summed E-state index contributed by atoms with van der Waals surface area (Å²) in [5, 5.41) is 3.59. The van der Waals surface area contributed by atoms with Crippen molar-refractivity contribution >= 4 is 11.6 Å². The molecule has 0 radical (unpaired) electrons. The summed E-state index contributed by atoms with van der Waals surface area (Å²) in [5.41, 5.74) is 3.44. The van der Waals surface area contributed by atoms with Gasteiger partial charge in [0.1, 0.15) is 0 Å². The van der Waals surface area contributed by atoms with Gasteiger partial charge in [-0.1, -0.05) is 48.5 Å². The highest BCUT2D eigenvalue weighted by Gasteiger charge is 2.29. The van der Waals surface area contributed by atoms with E-state index in [4.69, 9.17) is 0 Å².